The zero-order valence-corrected chi connectivity index (χ0v) is 10.1. The van der Waals surface area contributed by atoms with Crippen LogP contribution in [0.15, 0.2) is 54.6 Å². The largest absolute Gasteiger partial charge is 0.507 e. The second-order valence-electron chi connectivity index (χ2n) is 4.07. The standard InChI is InChI=1S/C16H13NO/c1-12-7-8-16(18)15(11-12)14(9-10-17)13-5-3-2-4-6-13/h2-9,11,18H,1H3/b14-9+. The second-order valence-corrected chi connectivity index (χ2v) is 4.07. The van der Waals surface area contributed by atoms with Gasteiger partial charge in [0.05, 0.1) is 6.07 Å². The van der Waals surface area contributed by atoms with E-state index in [1.807, 2.05) is 55.5 Å². The third kappa shape index (κ3) is 2.41. The van der Waals surface area contributed by atoms with E-state index in [0.717, 1.165) is 16.7 Å². The Morgan fingerprint density at radius 1 is 1.17 bits per heavy atom. The van der Waals surface area contributed by atoms with Crippen LogP contribution in [0.5, 0.6) is 5.75 Å². The number of rotatable bonds is 2. The van der Waals surface area contributed by atoms with Gasteiger partial charge in [0, 0.05) is 17.2 Å². The summed E-state index contributed by atoms with van der Waals surface area (Å²) < 4.78 is 0. The quantitative estimate of drug-likeness (QED) is 0.807. The van der Waals surface area contributed by atoms with Crippen LogP contribution in [-0.2, 0) is 0 Å². The van der Waals surface area contributed by atoms with Crippen molar-refractivity contribution < 1.29 is 5.11 Å². The van der Waals surface area contributed by atoms with Crippen molar-refractivity contribution in [2.45, 2.75) is 6.92 Å². The highest BCUT2D eigenvalue weighted by molar-refractivity contribution is 5.84. The molecule has 0 spiro atoms. The molecule has 0 unspecified atom stereocenters. The van der Waals surface area contributed by atoms with Crippen molar-refractivity contribution in [2.75, 3.05) is 0 Å². The molecular weight excluding hydrogens is 222 g/mol. The summed E-state index contributed by atoms with van der Waals surface area (Å²) in [5.41, 5.74) is 3.38. The summed E-state index contributed by atoms with van der Waals surface area (Å²) in [6.07, 6.45) is 1.46. The molecule has 0 radical (unpaired) electrons. The fourth-order valence-electron chi connectivity index (χ4n) is 1.86. The Hall–Kier alpha value is -2.53. The molecule has 0 fully saturated rings. The van der Waals surface area contributed by atoms with Crippen LogP contribution < -0.4 is 0 Å². The smallest absolute Gasteiger partial charge is 0.123 e. The van der Waals surface area contributed by atoms with Crippen LogP contribution in [0.25, 0.3) is 5.57 Å². The van der Waals surface area contributed by atoms with Gasteiger partial charge in [0.25, 0.3) is 0 Å². The minimum Gasteiger partial charge on any atom is -0.507 e. The normalized spacial score (nSPS) is 11.0. The van der Waals surface area contributed by atoms with Crippen molar-refractivity contribution in [3.8, 4) is 11.8 Å². The predicted octanol–water partition coefficient (Wildman–Crippen LogP) is 3.66. The average Bonchev–Trinajstić information content (AvgIpc) is 2.40. The SMILES string of the molecule is Cc1ccc(O)c(/C(=C/C#N)c2ccccc2)c1. The molecular formula is C16H13NO. The number of nitriles is 1. The Kier molecular flexibility index (Phi) is 3.45. The van der Waals surface area contributed by atoms with Gasteiger partial charge in [-0.25, -0.2) is 0 Å². The number of hydrogen-bond acceptors (Lipinski definition) is 2. The first-order valence-corrected chi connectivity index (χ1v) is 5.67. The molecule has 2 nitrogen and oxygen atoms in total. The second kappa shape index (κ2) is 5.20. The van der Waals surface area contributed by atoms with E-state index < -0.39 is 0 Å². The zero-order chi connectivity index (χ0) is 13.0. The minimum absolute atomic E-state index is 0.186. The van der Waals surface area contributed by atoms with E-state index in [9.17, 15) is 5.11 Å². The summed E-state index contributed by atoms with van der Waals surface area (Å²) in [7, 11) is 0. The van der Waals surface area contributed by atoms with E-state index in [4.69, 9.17) is 5.26 Å². The molecule has 2 aromatic rings. The van der Waals surface area contributed by atoms with Crippen molar-refractivity contribution in [2.24, 2.45) is 0 Å². The Bertz CT molecular complexity index is 621. The molecule has 0 aromatic heterocycles. The number of phenols is 1. The summed E-state index contributed by atoms with van der Waals surface area (Å²) in [5, 5.41) is 18.9. The lowest BCUT2D eigenvalue weighted by atomic mass is 9.95. The molecule has 0 aliphatic heterocycles. The van der Waals surface area contributed by atoms with Crippen molar-refractivity contribution >= 4 is 5.57 Å². The molecule has 2 heteroatoms. The Balaban J connectivity index is 2.61. The monoisotopic (exact) mass is 235 g/mol. The molecule has 2 rings (SSSR count). The summed E-state index contributed by atoms with van der Waals surface area (Å²) in [4.78, 5) is 0. The lowest BCUT2D eigenvalue weighted by molar-refractivity contribution is 0.473. The fraction of sp³-hybridized carbons (Fsp3) is 0.0625. The highest BCUT2D eigenvalue weighted by Crippen LogP contribution is 2.30. The van der Waals surface area contributed by atoms with Gasteiger partial charge in [0.2, 0.25) is 0 Å². The van der Waals surface area contributed by atoms with Gasteiger partial charge >= 0.3 is 0 Å². The van der Waals surface area contributed by atoms with Crippen LogP contribution in [-0.4, -0.2) is 5.11 Å². The summed E-state index contributed by atoms with van der Waals surface area (Å²) in [6.45, 7) is 1.96. The Labute approximate surface area is 106 Å². The number of allylic oxidation sites excluding steroid dienone is 1. The molecule has 88 valence electrons. The van der Waals surface area contributed by atoms with E-state index in [-0.39, 0.29) is 5.75 Å². The van der Waals surface area contributed by atoms with Crippen molar-refractivity contribution in [1.29, 1.82) is 5.26 Å². The third-order valence-corrected chi connectivity index (χ3v) is 2.74. The molecule has 0 saturated carbocycles. The lowest BCUT2D eigenvalue weighted by Crippen LogP contribution is -1.89. The van der Waals surface area contributed by atoms with Crippen molar-refractivity contribution in [3.05, 3.63) is 71.3 Å². The lowest BCUT2D eigenvalue weighted by Gasteiger charge is -2.10. The fourth-order valence-corrected chi connectivity index (χ4v) is 1.86. The van der Waals surface area contributed by atoms with E-state index in [0.29, 0.717) is 5.56 Å². The van der Waals surface area contributed by atoms with E-state index in [2.05, 4.69) is 0 Å². The van der Waals surface area contributed by atoms with Gasteiger partial charge in [0.15, 0.2) is 0 Å². The van der Waals surface area contributed by atoms with Crippen LogP contribution >= 0.6 is 0 Å². The highest BCUT2D eigenvalue weighted by Gasteiger charge is 2.09. The van der Waals surface area contributed by atoms with Gasteiger partial charge in [-0.05, 0) is 24.6 Å². The van der Waals surface area contributed by atoms with Gasteiger partial charge < -0.3 is 5.11 Å². The van der Waals surface area contributed by atoms with Crippen LogP contribution in [0.1, 0.15) is 16.7 Å². The Morgan fingerprint density at radius 2 is 1.89 bits per heavy atom. The van der Waals surface area contributed by atoms with Crippen molar-refractivity contribution in [3.63, 3.8) is 0 Å². The van der Waals surface area contributed by atoms with Crippen molar-refractivity contribution in [1.82, 2.24) is 0 Å². The number of hydrogen-bond donors (Lipinski definition) is 1. The van der Waals surface area contributed by atoms with Gasteiger partial charge in [-0.1, -0.05) is 42.0 Å². The van der Waals surface area contributed by atoms with Crippen LogP contribution in [0, 0.1) is 18.3 Å². The maximum Gasteiger partial charge on any atom is 0.123 e. The molecule has 0 aliphatic rings. The van der Waals surface area contributed by atoms with Crippen LogP contribution in [0.3, 0.4) is 0 Å². The average molecular weight is 235 g/mol. The summed E-state index contributed by atoms with van der Waals surface area (Å²) in [5.74, 6) is 0.186. The van der Waals surface area contributed by atoms with E-state index >= 15 is 0 Å². The number of phenolic OH excluding ortho intramolecular Hbond substituents is 1. The molecule has 0 amide bonds. The van der Waals surface area contributed by atoms with Gasteiger partial charge in [-0.15, -0.1) is 0 Å². The van der Waals surface area contributed by atoms with Crippen LogP contribution in [0.2, 0.25) is 0 Å². The molecule has 0 atom stereocenters. The molecule has 0 heterocycles. The number of aryl methyl sites for hydroxylation is 1. The minimum atomic E-state index is 0.186. The summed E-state index contributed by atoms with van der Waals surface area (Å²) >= 11 is 0. The molecule has 1 N–H and O–H groups in total. The maximum atomic E-state index is 9.94. The van der Waals surface area contributed by atoms with Gasteiger partial charge in [-0.2, -0.15) is 5.26 Å². The van der Waals surface area contributed by atoms with E-state index in [1.165, 1.54) is 6.08 Å². The van der Waals surface area contributed by atoms with E-state index in [1.54, 1.807) is 6.07 Å². The first-order chi connectivity index (χ1) is 8.72. The van der Waals surface area contributed by atoms with Gasteiger partial charge in [-0.3, -0.25) is 0 Å². The molecule has 18 heavy (non-hydrogen) atoms. The Morgan fingerprint density at radius 3 is 2.56 bits per heavy atom. The molecule has 2 aromatic carbocycles. The zero-order valence-electron chi connectivity index (χ0n) is 10.1. The van der Waals surface area contributed by atoms with Crippen LogP contribution in [0.4, 0.5) is 0 Å². The number of nitrogens with zero attached hydrogens (tertiary/aromatic N) is 1. The first kappa shape index (κ1) is 11.9. The predicted molar refractivity (Wildman–Crippen MR) is 72.0 cm³/mol. The topological polar surface area (TPSA) is 44.0 Å². The highest BCUT2D eigenvalue weighted by atomic mass is 16.3. The first-order valence-electron chi connectivity index (χ1n) is 5.67. The maximum absolute atomic E-state index is 9.94. The third-order valence-electron chi connectivity index (χ3n) is 2.74. The molecule has 0 saturated heterocycles. The number of benzene rings is 2. The summed E-state index contributed by atoms with van der Waals surface area (Å²) in [6, 6.07) is 17.0. The molecule has 0 aliphatic carbocycles. The van der Waals surface area contributed by atoms with Gasteiger partial charge in [0.1, 0.15) is 5.75 Å². The number of aromatic hydroxyl groups is 1. The molecule has 0 bridgehead atoms.